The third-order valence-corrected chi connectivity index (χ3v) is 2.18. The molecule has 0 aromatic carbocycles. The number of carbonyl (C=O) groups excluding carboxylic acids is 1. The van der Waals surface area contributed by atoms with Crippen LogP contribution in [0.1, 0.15) is 30.8 Å². The first-order valence-electron chi connectivity index (χ1n) is 4.78. The van der Waals surface area contributed by atoms with Crippen molar-refractivity contribution in [2.45, 2.75) is 26.3 Å². The lowest BCUT2D eigenvalue weighted by Gasteiger charge is -2.13. The van der Waals surface area contributed by atoms with Gasteiger partial charge in [0.1, 0.15) is 0 Å². The number of amides is 1. The lowest BCUT2D eigenvalue weighted by molar-refractivity contribution is 0.0949. The molecule has 1 aromatic heterocycles. The van der Waals surface area contributed by atoms with E-state index in [1.807, 2.05) is 13.8 Å². The van der Waals surface area contributed by atoms with E-state index in [1.165, 1.54) is 6.26 Å². The minimum Gasteiger partial charge on any atom is -0.459 e. The zero-order valence-corrected chi connectivity index (χ0v) is 9.56. The van der Waals surface area contributed by atoms with Crippen LogP contribution in [-0.2, 0) is 0 Å². The largest absolute Gasteiger partial charge is 0.459 e. The van der Waals surface area contributed by atoms with Gasteiger partial charge in [-0.15, -0.1) is 0 Å². The molecule has 0 aliphatic rings. The first-order chi connectivity index (χ1) is 7.13. The number of nitrogens with one attached hydrogen (secondary N) is 2. The lowest BCUT2D eigenvalue weighted by atomic mass is 10.3. The van der Waals surface area contributed by atoms with Crippen LogP contribution in [0.25, 0.3) is 0 Å². The van der Waals surface area contributed by atoms with E-state index in [0.29, 0.717) is 5.11 Å². The molecular weight excluding hydrogens is 212 g/mol. The Bertz CT molecular complexity index is 335. The summed E-state index contributed by atoms with van der Waals surface area (Å²) in [5.74, 6) is -0.0795. The van der Waals surface area contributed by atoms with E-state index in [0.717, 1.165) is 6.42 Å². The Morgan fingerprint density at radius 2 is 2.40 bits per heavy atom. The summed E-state index contributed by atoms with van der Waals surface area (Å²) in [6.45, 7) is 4.03. The number of furan rings is 1. The van der Waals surface area contributed by atoms with Gasteiger partial charge in [-0.25, -0.2) is 0 Å². The summed E-state index contributed by atoms with van der Waals surface area (Å²) in [6, 6.07) is 3.48. The first kappa shape index (κ1) is 11.7. The van der Waals surface area contributed by atoms with Gasteiger partial charge in [0.15, 0.2) is 10.9 Å². The minimum atomic E-state index is -0.333. The maximum Gasteiger partial charge on any atom is 0.293 e. The molecule has 5 heteroatoms. The highest BCUT2D eigenvalue weighted by molar-refractivity contribution is 7.80. The Labute approximate surface area is 94.0 Å². The molecule has 0 spiro atoms. The topological polar surface area (TPSA) is 54.3 Å². The van der Waals surface area contributed by atoms with E-state index in [9.17, 15) is 4.79 Å². The molecule has 0 saturated carbocycles. The van der Waals surface area contributed by atoms with Crippen molar-refractivity contribution in [2.24, 2.45) is 0 Å². The summed E-state index contributed by atoms with van der Waals surface area (Å²) >= 11 is 4.96. The van der Waals surface area contributed by atoms with Crippen molar-refractivity contribution in [3.8, 4) is 0 Å². The maximum absolute atomic E-state index is 11.5. The zero-order valence-electron chi connectivity index (χ0n) is 8.74. The van der Waals surface area contributed by atoms with Gasteiger partial charge in [0, 0.05) is 6.04 Å². The molecule has 1 rings (SSSR count). The van der Waals surface area contributed by atoms with Crippen LogP contribution in [0.4, 0.5) is 0 Å². The van der Waals surface area contributed by atoms with Gasteiger partial charge in [-0.3, -0.25) is 10.1 Å². The average Bonchev–Trinajstić information content (AvgIpc) is 2.70. The SMILES string of the molecule is CCC(C)NC(=S)NC(=O)c1ccco1. The second-order valence-corrected chi connectivity index (χ2v) is 3.62. The highest BCUT2D eigenvalue weighted by Crippen LogP contribution is 1.99. The second-order valence-electron chi connectivity index (χ2n) is 3.21. The molecule has 1 atom stereocenters. The summed E-state index contributed by atoms with van der Waals surface area (Å²) < 4.78 is 4.93. The van der Waals surface area contributed by atoms with E-state index >= 15 is 0 Å². The Morgan fingerprint density at radius 1 is 1.67 bits per heavy atom. The van der Waals surface area contributed by atoms with Crippen molar-refractivity contribution in [1.29, 1.82) is 0 Å². The van der Waals surface area contributed by atoms with Crippen LogP contribution in [0.5, 0.6) is 0 Å². The fraction of sp³-hybridized carbons (Fsp3) is 0.400. The predicted octanol–water partition coefficient (Wildman–Crippen LogP) is 1.68. The van der Waals surface area contributed by atoms with Crippen molar-refractivity contribution >= 4 is 23.2 Å². The molecule has 0 bridgehead atoms. The Morgan fingerprint density at radius 3 is 2.93 bits per heavy atom. The van der Waals surface area contributed by atoms with Gasteiger partial charge in [0.2, 0.25) is 0 Å². The van der Waals surface area contributed by atoms with Crippen molar-refractivity contribution in [3.63, 3.8) is 0 Å². The molecule has 0 aliphatic heterocycles. The second kappa shape index (κ2) is 5.50. The summed E-state index contributed by atoms with van der Waals surface area (Å²) in [6.07, 6.45) is 2.39. The van der Waals surface area contributed by atoms with Crippen molar-refractivity contribution < 1.29 is 9.21 Å². The number of rotatable bonds is 3. The lowest BCUT2D eigenvalue weighted by Crippen LogP contribution is -2.42. The zero-order chi connectivity index (χ0) is 11.3. The van der Waals surface area contributed by atoms with Crippen LogP contribution >= 0.6 is 12.2 Å². The van der Waals surface area contributed by atoms with E-state index < -0.39 is 0 Å². The molecule has 82 valence electrons. The van der Waals surface area contributed by atoms with Gasteiger partial charge in [0.05, 0.1) is 6.26 Å². The van der Waals surface area contributed by atoms with Crippen LogP contribution in [0.3, 0.4) is 0 Å². The van der Waals surface area contributed by atoms with Crippen LogP contribution < -0.4 is 10.6 Å². The Hall–Kier alpha value is -1.36. The molecule has 1 unspecified atom stereocenters. The summed E-state index contributed by atoms with van der Waals surface area (Å²) in [7, 11) is 0. The van der Waals surface area contributed by atoms with Crippen molar-refractivity contribution in [1.82, 2.24) is 10.6 Å². The number of carbonyl (C=O) groups is 1. The third kappa shape index (κ3) is 3.71. The van der Waals surface area contributed by atoms with E-state index in [4.69, 9.17) is 16.6 Å². The number of hydrogen-bond acceptors (Lipinski definition) is 3. The fourth-order valence-corrected chi connectivity index (χ4v) is 1.23. The van der Waals surface area contributed by atoms with Gasteiger partial charge < -0.3 is 9.73 Å². The van der Waals surface area contributed by atoms with Gasteiger partial charge in [0.25, 0.3) is 5.91 Å². The van der Waals surface area contributed by atoms with Crippen LogP contribution in [0.2, 0.25) is 0 Å². The maximum atomic E-state index is 11.5. The highest BCUT2D eigenvalue weighted by atomic mass is 32.1. The first-order valence-corrected chi connectivity index (χ1v) is 5.19. The molecule has 0 aliphatic carbocycles. The van der Waals surface area contributed by atoms with Crippen LogP contribution in [0, 0.1) is 0 Å². The van der Waals surface area contributed by atoms with Crippen LogP contribution in [0.15, 0.2) is 22.8 Å². The van der Waals surface area contributed by atoms with Gasteiger partial charge in [-0.05, 0) is 37.7 Å². The van der Waals surface area contributed by atoms with Gasteiger partial charge in [-0.1, -0.05) is 6.92 Å². The molecule has 0 radical (unpaired) electrons. The fourth-order valence-electron chi connectivity index (χ4n) is 0.934. The molecule has 0 saturated heterocycles. The van der Waals surface area contributed by atoms with Crippen molar-refractivity contribution in [3.05, 3.63) is 24.2 Å². The third-order valence-electron chi connectivity index (χ3n) is 1.96. The Kier molecular flexibility index (Phi) is 4.30. The normalized spacial score (nSPS) is 11.9. The average molecular weight is 226 g/mol. The number of thiocarbonyl (C=S) groups is 1. The number of hydrogen-bond donors (Lipinski definition) is 2. The summed E-state index contributed by atoms with van der Waals surface area (Å²) in [5, 5.41) is 5.84. The summed E-state index contributed by atoms with van der Waals surface area (Å²) in [4.78, 5) is 11.5. The smallest absolute Gasteiger partial charge is 0.293 e. The van der Waals surface area contributed by atoms with Gasteiger partial charge >= 0.3 is 0 Å². The molecule has 1 amide bonds. The predicted molar refractivity (Wildman–Crippen MR) is 61.7 cm³/mol. The summed E-state index contributed by atoms with van der Waals surface area (Å²) in [5.41, 5.74) is 0. The molecular formula is C10H14N2O2S. The highest BCUT2D eigenvalue weighted by Gasteiger charge is 2.10. The van der Waals surface area contributed by atoms with E-state index in [-0.39, 0.29) is 17.7 Å². The van der Waals surface area contributed by atoms with E-state index in [1.54, 1.807) is 12.1 Å². The molecule has 1 heterocycles. The minimum absolute atomic E-state index is 0.245. The van der Waals surface area contributed by atoms with E-state index in [2.05, 4.69) is 10.6 Å². The molecule has 2 N–H and O–H groups in total. The van der Waals surface area contributed by atoms with Crippen LogP contribution in [-0.4, -0.2) is 17.1 Å². The van der Waals surface area contributed by atoms with Gasteiger partial charge in [-0.2, -0.15) is 0 Å². The molecule has 0 fully saturated rings. The molecule has 4 nitrogen and oxygen atoms in total. The Balaban J connectivity index is 2.42. The monoisotopic (exact) mass is 226 g/mol. The quantitative estimate of drug-likeness (QED) is 0.770. The standard InChI is InChI=1S/C10H14N2O2S/c1-3-7(2)11-10(15)12-9(13)8-5-4-6-14-8/h4-7H,3H2,1-2H3,(H2,11,12,13,15). The van der Waals surface area contributed by atoms with Crippen molar-refractivity contribution in [2.75, 3.05) is 0 Å². The molecule has 1 aromatic rings. The molecule has 15 heavy (non-hydrogen) atoms.